The zero-order valence-corrected chi connectivity index (χ0v) is 11.6. The quantitative estimate of drug-likeness (QED) is 0.797. The number of carbonyl (C=O) groups is 2. The lowest BCUT2D eigenvalue weighted by molar-refractivity contribution is -0.116. The summed E-state index contributed by atoms with van der Waals surface area (Å²) in [7, 11) is 1.78. The Bertz CT molecular complexity index is 504. The minimum Gasteiger partial charge on any atom is -0.397 e. The molecule has 0 atom stereocenters. The van der Waals surface area contributed by atoms with Gasteiger partial charge in [-0.15, -0.1) is 0 Å². The number of anilines is 2. The van der Waals surface area contributed by atoms with Crippen LogP contribution in [-0.4, -0.2) is 48.4 Å². The Hall–Kier alpha value is -2.24. The Kier molecular flexibility index (Phi) is 4.45. The molecular weight excluding hydrogens is 256 g/mol. The number of hydrogen-bond donors (Lipinski definition) is 2. The maximum Gasteiger partial charge on any atom is 0.319 e. The number of likely N-dealkylation sites (N-methyl/N-ethyl adjacent to an activating group) is 1. The van der Waals surface area contributed by atoms with Gasteiger partial charge in [0.1, 0.15) is 0 Å². The largest absolute Gasteiger partial charge is 0.397 e. The second-order valence-corrected chi connectivity index (χ2v) is 4.93. The molecule has 0 radical (unpaired) electrons. The molecule has 0 aliphatic carbocycles. The first-order valence-electron chi connectivity index (χ1n) is 6.72. The van der Waals surface area contributed by atoms with Crippen LogP contribution in [0.25, 0.3) is 0 Å². The number of urea groups is 1. The van der Waals surface area contributed by atoms with E-state index in [9.17, 15) is 9.59 Å². The van der Waals surface area contributed by atoms with Gasteiger partial charge in [0.05, 0.1) is 11.4 Å². The fourth-order valence-electron chi connectivity index (χ4n) is 2.16. The summed E-state index contributed by atoms with van der Waals surface area (Å²) in [6.45, 7) is 2.11. The maximum absolute atomic E-state index is 11.8. The van der Waals surface area contributed by atoms with Crippen molar-refractivity contribution in [2.45, 2.75) is 12.8 Å². The molecule has 1 fully saturated rings. The molecule has 3 amide bonds. The van der Waals surface area contributed by atoms with E-state index in [1.54, 1.807) is 29.0 Å². The third-order valence-corrected chi connectivity index (χ3v) is 3.37. The molecule has 0 saturated carbocycles. The van der Waals surface area contributed by atoms with Crippen molar-refractivity contribution in [3.8, 4) is 0 Å². The third-order valence-electron chi connectivity index (χ3n) is 3.37. The summed E-state index contributed by atoms with van der Waals surface area (Å²) in [6.07, 6.45) is 1.03. The van der Waals surface area contributed by atoms with E-state index < -0.39 is 0 Å². The summed E-state index contributed by atoms with van der Waals surface area (Å²) in [4.78, 5) is 26.9. The molecule has 1 aromatic carbocycles. The SMILES string of the molecule is CN1CCN(CCCC(=O)Nc2ccccc2N)C1=O. The second kappa shape index (κ2) is 6.27. The van der Waals surface area contributed by atoms with Gasteiger partial charge in [0.15, 0.2) is 0 Å². The second-order valence-electron chi connectivity index (χ2n) is 4.93. The number of para-hydroxylation sites is 2. The van der Waals surface area contributed by atoms with E-state index in [4.69, 9.17) is 5.73 Å². The number of nitrogens with one attached hydrogen (secondary N) is 1. The summed E-state index contributed by atoms with van der Waals surface area (Å²) in [5.74, 6) is -0.0806. The van der Waals surface area contributed by atoms with E-state index >= 15 is 0 Å². The summed E-state index contributed by atoms with van der Waals surface area (Å²) in [5, 5.41) is 2.78. The lowest BCUT2D eigenvalue weighted by atomic mass is 10.2. The van der Waals surface area contributed by atoms with Crippen LogP contribution >= 0.6 is 0 Å². The van der Waals surface area contributed by atoms with Crippen molar-refractivity contribution in [2.75, 3.05) is 37.7 Å². The molecule has 20 heavy (non-hydrogen) atoms. The molecule has 0 unspecified atom stereocenters. The van der Waals surface area contributed by atoms with E-state index in [-0.39, 0.29) is 11.9 Å². The number of benzene rings is 1. The van der Waals surface area contributed by atoms with Crippen molar-refractivity contribution in [3.63, 3.8) is 0 Å². The van der Waals surface area contributed by atoms with Gasteiger partial charge in [0, 0.05) is 33.1 Å². The van der Waals surface area contributed by atoms with Crippen LogP contribution in [0.15, 0.2) is 24.3 Å². The molecule has 3 N–H and O–H groups in total. The zero-order valence-electron chi connectivity index (χ0n) is 11.6. The first-order valence-corrected chi connectivity index (χ1v) is 6.72. The lowest BCUT2D eigenvalue weighted by Gasteiger charge is -2.15. The maximum atomic E-state index is 11.8. The molecule has 0 spiro atoms. The van der Waals surface area contributed by atoms with Gasteiger partial charge in [-0.2, -0.15) is 0 Å². The number of nitrogens with zero attached hydrogens (tertiary/aromatic N) is 2. The Morgan fingerprint density at radius 1 is 1.35 bits per heavy atom. The van der Waals surface area contributed by atoms with E-state index in [2.05, 4.69) is 5.32 Å². The van der Waals surface area contributed by atoms with Gasteiger partial charge >= 0.3 is 6.03 Å². The van der Waals surface area contributed by atoms with Crippen molar-refractivity contribution >= 4 is 23.3 Å². The highest BCUT2D eigenvalue weighted by molar-refractivity contribution is 5.93. The zero-order chi connectivity index (χ0) is 14.5. The Morgan fingerprint density at radius 2 is 2.10 bits per heavy atom. The van der Waals surface area contributed by atoms with Crippen LogP contribution in [0.1, 0.15) is 12.8 Å². The first-order chi connectivity index (χ1) is 9.58. The van der Waals surface area contributed by atoms with Gasteiger partial charge < -0.3 is 20.9 Å². The molecule has 108 valence electrons. The summed E-state index contributed by atoms with van der Waals surface area (Å²) in [5.41, 5.74) is 6.94. The molecule has 1 saturated heterocycles. The van der Waals surface area contributed by atoms with Crippen LogP contribution in [0.2, 0.25) is 0 Å². The van der Waals surface area contributed by atoms with Crippen LogP contribution < -0.4 is 11.1 Å². The van der Waals surface area contributed by atoms with Crippen LogP contribution in [0, 0.1) is 0 Å². The number of rotatable bonds is 5. The van der Waals surface area contributed by atoms with Gasteiger partial charge in [0.2, 0.25) is 5.91 Å². The summed E-state index contributed by atoms with van der Waals surface area (Å²) < 4.78 is 0. The lowest BCUT2D eigenvalue weighted by Crippen LogP contribution is -2.30. The highest BCUT2D eigenvalue weighted by Gasteiger charge is 2.24. The van der Waals surface area contributed by atoms with Crippen LogP contribution in [0.4, 0.5) is 16.2 Å². The third kappa shape index (κ3) is 3.40. The number of nitrogen functional groups attached to an aromatic ring is 1. The number of carbonyl (C=O) groups excluding carboxylic acids is 2. The molecule has 2 rings (SSSR count). The Balaban J connectivity index is 1.73. The first kappa shape index (κ1) is 14.2. The van der Waals surface area contributed by atoms with Crippen molar-refractivity contribution < 1.29 is 9.59 Å². The topological polar surface area (TPSA) is 78.7 Å². The molecule has 6 nitrogen and oxygen atoms in total. The van der Waals surface area contributed by atoms with E-state index in [0.29, 0.717) is 30.8 Å². The number of nitrogens with two attached hydrogens (primary N) is 1. The van der Waals surface area contributed by atoms with Gasteiger partial charge in [-0.1, -0.05) is 12.1 Å². The average Bonchev–Trinajstić information content (AvgIpc) is 2.73. The molecule has 1 aliphatic heterocycles. The van der Waals surface area contributed by atoms with Crippen molar-refractivity contribution in [2.24, 2.45) is 0 Å². The van der Waals surface area contributed by atoms with E-state index in [0.717, 1.165) is 13.1 Å². The Labute approximate surface area is 118 Å². The monoisotopic (exact) mass is 276 g/mol. The Morgan fingerprint density at radius 3 is 2.75 bits per heavy atom. The van der Waals surface area contributed by atoms with Crippen LogP contribution in [0.3, 0.4) is 0 Å². The minimum absolute atomic E-state index is 0.0395. The molecule has 0 aromatic heterocycles. The summed E-state index contributed by atoms with van der Waals surface area (Å²) in [6, 6.07) is 7.20. The van der Waals surface area contributed by atoms with Gasteiger partial charge in [-0.3, -0.25) is 4.79 Å². The summed E-state index contributed by atoms with van der Waals surface area (Å²) >= 11 is 0. The average molecular weight is 276 g/mol. The highest BCUT2D eigenvalue weighted by Crippen LogP contribution is 2.17. The fourth-order valence-corrected chi connectivity index (χ4v) is 2.16. The number of amides is 3. The van der Waals surface area contributed by atoms with Crippen molar-refractivity contribution in [1.29, 1.82) is 0 Å². The molecule has 1 aliphatic rings. The number of hydrogen-bond acceptors (Lipinski definition) is 3. The predicted molar refractivity (Wildman–Crippen MR) is 78.3 cm³/mol. The molecule has 6 heteroatoms. The van der Waals surface area contributed by atoms with Crippen molar-refractivity contribution in [3.05, 3.63) is 24.3 Å². The smallest absolute Gasteiger partial charge is 0.319 e. The highest BCUT2D eigenvalue weighted by atomic mass is 16.2. The van der Waals surface area contributed by atoms with Crippen LogP contribution in [0.5, 0.6) is 0 Å². The minimum atomic E-state index is -0.0806. The van der Waals surface area contributed by atoms with Gasteiger partial charge in [0.25, 0.3) is 0 Å². The molecule has 1 aromatic rings. The molecule has 0 bridgehead atoms. The van der Waals surface area contributed by atoms with Gasteiger partial charge in [-0.25, -0.2) is 4.79 Å². The predicted octanol–water partition coefficient (Wildman–Crippen LogP) is 1.35. The van der Waals surface area contributed by atoms with Crippen molar-refractivity contribution in [1.82, 2.24) is 9.80 Å². The normalized spacial score (nSPS) is 14.8. The fraction of sp³-hybridized carbons (Fsp3) is 0.429. The molecular formula is C14H20N4O2. The van der Waals surface area contributed by atoms with E-state index in [1.165, 1.54) is 0 Å². The van der Waals surface area contributed by atoms with Crippen LogP contribution in [-0.2, 0) is 4.79 Å². The van der Waals surface area contributed by atoms with E-state index in [1.807, 2.05) is 12.1 Å². The standard InChI is InChI=1S/C14H20N4O2/c1-17-9-10-18(14(17)20)8-4-7-13(19)16-12-6-3-2-5-11(12)15/h2-3,5-6H,4,7-10,15H2,1H3,(H,16,19). The van der Waals surface area contributed by atoms with Gasteiger partial charge in [-0.05, 0) is 18.6 Å². The molecule has 1 heterocycles.